The molecule has 0 bridgehead atoms. The normalized spacial score (nSPS) is 11.5. The summed E-state index contributed by atoms with van der Waals surface area (Å²) in [5.41, 5.74) is 1.15. The molecule has 1 rings (SSSR count). The summed E-state index contributed by atoms with van der Waals surface area (Å²) in [6.07, 6.45) is 6.38. The fraction of sp³-hybridized carbons (Fsp3) is 0.357. The van der Waals surface area contributed by atoms with E-state index in [4.69, 9.17) is 0 Å². The topological polar surface area (TPSA) is 17.1 Å². The third kappa shape index (κ3) is 3.97. The van der Waals surface area contributed by atoms with Crippen LogP contribution in [0.2, 0.25) is 0 Å². The van der Waals surface area contributed by atoms with Gasteiger partial charge in [-0.15, -0.1) is 0 Å². The van der Waals surface area contributed by atoms with Crippen LogP contribution in [0.4, 0.5) is 4.39 Å². The summed E-state index contributed by atoms with van der Waals surface area (Å²) in [6, 6.07) is 6.49. The van der Waals surface area contributed by atoms with Crippen LogP contribution in [0.25, 0.3) is 6.08 Å². The van der Waals surface area contributed by atoms with Crippen LogP contribution in [0.1, 0.15) is 38.2 Å². The molecule has 0 aliphatic carbocycles. The molecule has 0 amide bonds. The van der Waals surface area contributed by atoms with Crippen molar-refractivity contribution in [1.29, 1.82) is 0 Å². The monoisotopic (exact) mass is 220 g/mol. The number of benzene rings is 1. The highest BCUT2D eigenvalue weighted by Gasteiger charge is 2.00. The second-order valence-corrected chi connectivity index (χ2v) is 3.82. The van der Waals surface area contributed by atoms with Crippen molar-refractivity contribution in [1.82, 2.24) is 0 Å². The number of halogens is 1. The number of carbonyl (C=O) groups excluding carboxylic acids is 1. The van der Waals surface area contributed by atoms with Gasteiger partial charge in [-0.2, -0.15) is 0 Å². The summed E-state index contributed by atoms with van der Waals surface area (Å²) in [5.74, 6) is -0.280. The lowest BCUT2D eigenvalue weighted by Crippen LogP contribution is -1.88. The minimum atomic E-state index is -0.280. The maximum absolute atomic E-state index is 13.3. The first kappa shape index (κ1) is 12.6. The fourth-order valence-electron chi connectivity index (χ4n) is 1.54. The molecule has 0 aliphatic heterocycles. The Hall–Kier alpha value is -1.44. The largest absolute Gasteiger partial charge is 0.298 e. The highest BCUT2D eigenvalue weighted by molar-refractivity contribution is 5.81. The van der Waals surface area contributed by atoms with Gasteiger partial charge < -0.3 is 0 Å². The van der Waals surface area contributed by atoms with Gasteiger partial charge in [0.25, 0.3) is 0 Å². The van der Waals surface area contributed by atoms with Gasteiger partial charge in [0.05, 0.1) is 0 Å². The molecular formula is C14H17FO. The Morgan fingerprint density at radius 2 is 2.06 bits per heavy atom. The van der Waals surface area contributed by atoms with Gasteiger partial charge in [0.15, 0.2) is 0 Å². The van der Waals surface area contributed by atoms with Crippen molar-refractivity contribution in [2.24, 2.45) is 0 Å². The van der Waals surface area contributed by atoms with Crippen LogP contribution in [0.3, 0.4) is 0 Å². The number of carbonyl (C=O) groups is 1. The van der Waals surface area contributed by atoms with E-state index >= 15 is 0 Å². The van der Waals surface area contributed by atoms with Crippen molar-refractivity contribution in [3.05, 3.63) is 41.2 Å². The molecule has 0 atom stereocenters. The van der Waals surface area contributed by atoms with Crippen molar-refractivity contribution < 1.29 is 9.18 Å². The van der Waals surface area contributed by atoms with Crippen molar-refractivity contribution >= 4 is 12.4 Å². The van der Waals surface area contributed by atoms with Crippen LogP contribution in [0, 0.1) is 5.82 Å². The van der Waals surface area contributed by atoms with Gasteiger partial charge in [0, 0.05) is 5.56 Å². The number of hydrogen-bond donors (Lipinski definition) is 0. The van der Waals surface area contributed by atoms with E-state index in [9.17, 15) is 9.18 Å². The third-order valence-electron chi connectivity index (χ3n) is 2.47. The van der Waals surface area contributed by atoms with Crippen molar-refractivity contribution in [3.63, 3.8) is 0 Å². The first-order valence-corrected chi connectivity index (χ1v) is 5.68. The average molecular weight is 220 g/mol. The summed E-state index contributed by atoms with van der Waals surface area (Å²) in [4.78, 5) is 10.8. The van der Waals surface area contributed by atoms with Gasteiger partial charge in [0.2, 0.25) is 0 Å². The van der Waals surface area contributed by atoms with E-state index in [1.165, 1.54) is 6.07 Å². The molecule has 16 heavy (non-hydrogen) atoms. The molecule has 86 valence electrons. The molecule has 0 N–H and O–H groups in total. The molecule has 0 saturated heterocycles. The molecule has 0 fully saturated rings. The first-order valence-electron chi connectivity index (χ1n) is 5.68. The number of unbranched alkanes of at least 4 members (excludes halogenated alkanes) is 2. The SMILES string of the molecule is CCCCC/C(C=O)=C\c1ccccc1F. The summed E-state index contributed by atoms with van der Waals surface area (Å²) in [7, 11) is 0. The van der Waals surface area contributed by atoms with E-state index in [1.807, 2.05) is 0 Å². The van der Waals surface area contributed by atoms with Crippen LogP contribution >= 0.6 is 0 Å². The maximum atomic E-state index is 13.3. The van der Waals surface area contributed by atoms with Crippen molar-refractivity contribution in [3.8, 4) is 0 Å². The second kappa shape index (κ2) is 6.94. The molecule has 0 radical (unpaired) electrons. The predicted molar refractivity (Wildman–Crippen MR) is 64.6 cm³/mol. The molecule has 2 heteroatoms. The fourth-order valence-corrected chi connectivity index (χ4v) is 1.54. The molecule has 0 unspecified atom stereocenters. The van der Waals surface area contributed by atoms with E-state index in [0.717, 1.165) is 32.0 Å². The number of allylic oxidation sites excluding steroid dienone is 1. The molecule has 1 aromatic rings. The highest BCUT2D eigenvalue weighted by Crippen LogP contribution is 2.14. The van der Waals surface area contributed by atoms with Gasteiger partial charge in [-0.25, -0.2) is 4.39 Å². The molecule has 0 heterocycles. The predicted octanol–water partition coefficient (Wildman–Crippen LogP) is 3.99. The van der Waals surface area contributed by atoms with Crippen LogP contribution in [-0.4, -0.2) is 6.29 Å². The van der Waals surface area contributed by atoms with Crippen molar-refractivity contribution in [2.45, 2.75) is 32.6 Å². The van der Waals surface area contributed by atoms with E-state index < -0.39 is 0 Å². The van der Waals surface area contributed by atoms with Gasteiger partial charge in [-0.1, -0.05) is 38.0 Å². The van der Waals surface area contributed by atoms with E-state index in [-0.39, 0.29) is 5.82 Å². The first-order chi connectivity index (χ1) is 7.77. The van der Waals surface area contributed by atoms with Crippen LogP contribution in [-0.2, 0) is 4.79 Å². The average Bonchev–Trinajstić information content (AvgIpc) is 2.30. The minimum Gasteiger partial charge on any atom is -0.298 e. The lowest BCUT2D eigenvalue weighted by Gasteiger charge is -2.00. The number of rotatable bonds is 6. The summed E-state index contributed by atoms with van der Waals surface area (Å²) < 4.78 is 13.3. The third-order valence-corrected chi connectivity index (χ3v) is 2.47. The smallest absolute Gasteiger partial charge is 0.146 e. The summed E-state index contributed by atoms with van der Waals surface area (Å²) in [6.45, 7) is 2.11. The Labute approximate surface area is 96.0 Å². The van der Waals surface area contributed by atoms with E-state index in [1.54, 1.807) is 24.3 Å². The Bertz CT molecular complexity index is 369. The molecule has 0 aromatic heterocycles. The van der Waals surface area contributed by atoms with Gasteiger partial charge in [-0.3, -0.25) is 4.79 Å². The maximum Gasteiger partial charge on any atom is 0.146 e. The number of hydrogen-bond acceptors (Lipinski definition) is 1. The zero-order chi connectivity index (χ0) is 11.8. The summed E-state index contributed by atoms with van der Waals surface area (Å²) >= 11 is 0. The standard InChI is InChI=1S/C14H17FO/c1-2-3-4-7-12(11-16)10-13-8-5-6-9-14(13)15/h5-6,8-11H,2-4,7H2,1H3/b12-10+. The molecule has 0 spiro atoms. The van der Waals surface area contributed by atoms with E-state index in [2.05, 4.69) is 6.92 Å². The van der Waals surface area contributed by atoms with Crippen LogP contribution in [0.15, 0.2) is 29.8 Å². The molecule has 0 saturated carbocycles. The molecule has 0 aliphatic rings. The van der Waals surface area contributed by atoms with Crippen LogP contribution in [0.5, 0.6) is 0 Å². The Kier molecular flexibility index (Phi) is 5.48. The molecular weight excluding hydrogens is 203 g/mol. The minimum absolute atomic E-state index is 0.280. The van der Waals surface area contributed by atoms with Gasteiger partial charge in [-0.05, 0) is 30.6 Å². The molecule has 1 aromatic carbocycles. The van der Waals surface area contributed by atoms with Gasteiger partial charge >= 0.3 is 0 Å². The molecule has 1 nitrogen and oxygen atoms in total. The van der Waals surface area contributed by atoms with Crippen molar-refractivity contribution in [2.75, 3.05) is 0 Å². The Morgan fingerprint density at radius 1 is 1.31 bits per heavy atom. The quantitative estimate of drug-likeness (QED) is 0.402. The second-order valence-electron chi connectivity index (χ2n) is 3.82. The lowest BCUT2D eigenvalue weighted by molar-refractivity contribution is -0.105. The summed E-state index contributed by atoms with van der Waals surface area (Å²) in [5, 5.41) is 0. The Morgan fingerprint density at radius 3 is 2.69 bits per heavy atom. The zero-order valence-corrected chi connectivity index (χ0v) is 9.58. The lowest BCUT2D eigenvalue weighted by atomic mass is 10.1. The van der Waals surface area contributed by atoms with Gasteiger partial charge in [0.1, 0.15) is 12.1 Å². The number of aldehydes is 1. The zero-order valence-electron chi connectivity index (χ0n) is 9.58. The van der Waals surface area contributed by atoms with E-state index in [0.29, 0.717) is 11.1 Å². The Balaban J connectivity index is 2.72. The highest BCUT2D eigenvalue weighted by atomic mass is 19.1. The van der Waals surface area contributed by atoms with Crippen LogP contribution < -0.4 is 0 Å².